The minimum Gasteiger partial charge on any atom is -0.300 e. The Bertz CT molecular complexity index is 151. The average molecular weight is 212 g/mol. The first-order valence-corrected chi connectivity index (χ1v) is 6.76. The topological polar surface area (TPSA) is 17.1 Å². The van der Waals surface area contributed by atoms with Crippen LogP contribution >= 0.6 is 0 Å². The molecule has 0 saturated heterocycles. The maximum Gasteiger partial charge on any atom is 0.132 e. The molecule has 0 fully saturated rings. The van der Waals surface area contributed by atoms with Gasteiger partial charge in [-0.25, -0.2) is 0 Å². The zero-order chi connectivity index (χ0) is 11.5. The second-order valence-corrected chi connectivity index (χ2v) is 4.60. The molecule has 0 aromatic heterocycles. The Morgan fingerprint density at radius 3 is 2.20 bits per heavy atom. The van der Waals surface area contributed by atoms with Crippen molar-refractivity contribution in [3.63, 3.8) is 0 Å². The number of unbranched alkanes of at least 4 members (excludes halogenated alkanes) is 3. The number of hydrogen-bond donors (Lipinski definition) is 0. The zero-order valence-electron chi connectivity index (χ0n) is 10.8. The lowest BCUT2D eigenvalue weighted by Gasteiger charge is -2.14. The van der Waals surface area contributed by atoms with E-state index in [1.807, 2.05) is 6.92 Å². The molecular formula is C14H28O. The molecule has 0 N–H and O–H groups in total. The summed E-state index contributed by atoms with van der Waals surface area (Å²) in [6.45, 7) is 6.43. The fourth-order valence-corrected chi connectivity index (χ4v) is 2.08. The Morgan fingerprint density at radius 2 is 1.67 bits per heavy atom. The van der Waals surface area contributed by atoms with Gasteiger partial charge in [0.05, 0.1) is 0 Å². The van der Waals surface area contributed by atoms with Crippen molar-refractivity contribution < 1.29 is 4.79 Å². The van der Waals surface area contributed by atoms with E-state index in [0.29, 0.717) is 11.7 Å². The Kier molecular flexibility index (Phi) is 9.97. The van der Waals surface area contributed by atoms with E-state index in [-0.39, 0.29) is 0 Å². The highest BCUT2D eigenvalue weighted by Crippen LogP contribution is 2.20. The molecule has 0 saturated carbocycles. The molecule has 0 heterocycles. The third-order valence-electron chi connectivity index (χ3n) is 3.07. The van der Waals surface area contributed by atoms with Gasteiger partial charge in [0.15, 0.2) is 0 Å². The molecule has 1 nitrogen and oxygen atoms in total. The molecule has 0 aromatic carbocycles. The Balaban J connectivity index is 3.67. The van der Waals surface area contributed by atoms with Gasteiger partial charge < -0.3 is 0 Å². The van der Waals surface area contributed by atoms with Crippen LogP contribution in [-0.4, -0.2) is 5.78 Å². The van der Waals surface area contributed by atoms with Gasteiger partial charge in [0.1, 0.15) is 5.78 Å². The minimum atomic E-state index is 0.448. The highest BCUT2D eigenvalue weighted by molar-refractivity contribution is 5.78. The van der Waals surface area contributed by atoms with E-state index >= 15 is 0 Å². The van der Waals surface area contributed by atoms with E-state index in [1.165, 1.54) is 44.9 Å². The van der Waals surface area contributed by atoms with Crippen molar-refractivity contribution in [1.82, 2.24) is 0 Å². The lowest BCUT2D eigenvalue weighted by Crippen LogP contribution is -2.07. The summed E-state index contributed by atoms with van der Waals surface area (Å²) in [6.07, 6.45) is 10.6. The first-order chi connectivity index (χ1) is 7.24. The normalized spacial score (nSPS) is 12.7. The molecule has 0 amide bonds. The van der Waals surface area contributed by atoms with Crippen LogP contribution in [0.5, 0.6) is 0 Å². The molecule has 0 aliphatic heterocycles. The predicted octanol–water partition coefficient (Wildman–Crippen LogP) is 4.74. The van der Waals surface area contributed by atoms with Crippen LogP contribution in [0.2, 0.25) is 0 Å². The number of ketones is 1. The summed E-state index contributed by atoms with van der Waals surface area (Å²) in [6, 6.07) is 0. The van der Waals surface area contributed by atoms with Crippen molar-refractivity contribution >= 4 is 5.78 Å². The predicted molar refractivity (Wildman–Crippen MR) is 67.1 cm³/mol. The van der Waals surface area contributed by atoms with Crippen LogP contribution in [0.25, 0.3) is 0 Å². The smallest absolute Gasteiger partial charge is 0.132 e. The number of rotatable bonds is 10. The largest absolute Gasteiger partial charge is 0.300 e. The van der Waals surface area contributed by atoms with E-state index in [4.69, 9.17) is 0 Å². The third kappa shape index (κ3) is 8.65. The molecule has 0 aliphatic rings. The zero-order valence-corrected chi connectivity index (χ0v) is 10.8. The SMILES string of the molecule is CCCCCCC(CCC)CC(=O)CC. The van der Waals surface area contributed by atoms with Crippen LogP contribution in [-0.2, 0) is 4.79 Å². The summed E-state index contributed by atoms with van der Waals surface area (Å²) in [5, 5.41) is 0. The number of hydrogen-bond acceptors (Lipinski definition) is 1. The Hall–Kier alpha value is -0.330. The minimum absolute atomic E-state index is 0.448. The molecule has 90 valence electrons. The number of carbonyl (C=O) groups is 1. The van der Waals surface area contributed by atoms with Gasteiger partial charge in [0, 0.05) is 12.8 Å². The van der Waals surface area contributed by atoms with E-state index in [0.717, 1.165) is 12.8 Å². The van der Waals surface area contributed by atoms with Crippen molar-refractivity contribution in [2.75, 3.05) is 0 Å². The van der Waals surface area contributed by atoms with Gasteiger partial charge in [-0.05, 0) is 5.92 Å². The summed E-state index contributed by atoms with van der Waals surface area (Å²) in [7, 11) is 0. The van der Waals surface area contributed by atoms with Gasteiger partial charge in [-0.15, -0.1) is 0 Å². The molecule has 0 aromatic rings. The highest BCUT2D eigenvalue weighted by Gasteiger charge is 2.11. The fraction of sp³-hybridized carbons (Fsp3) is 0.929. The van der Waals surface area contributed by atoms with Gasteiger partial charge in [-0.2, -0.15) is 0 Å². The van der Waals surface area contributed by atoms with Crippen molar-refractivity contribution in [3.8, 4) is 0 Å². The summed E-state index contributed by atoms with van der Waals surface area (Å²) < 4.78 is 0. The first-order valence-electron chi connectivity index (χ1n) is 6.76. The molecule has 15 heavy (non-hydrogen) atoms. The van der Waals surface area contributed by atoms with E-state index in [9.17, 15) is 4.79 Å². The first kappa shape index (κ1) is 14.7. The lowest BCUT2D eigenvalue weighted by molar-refractivity contribution is -0.119. The number of Topliss-reactive ketones (excluding diaryl/α,β-unsaturated/α-hetero) is 1. The van der Waals surface area contributed by atoms with Crippen LogP contribution in [0.15, 0.2) is 0 Å². The van der Waals surface area contributed by atoms with Gasteiger partial charge in [0.2, 0.25) is 0 Å². The standard InChI is InChI=1S/C14H28O/c1-4-7-8-9-11-13(10-5-2)12-14(15)6-3/h13H,4-12H2,1-3H3. The summed E-state index contributed by atoms with van der Waals surface area (Å²) >= 11 is 0. The van der Waals surface area contributed by atoms with E-state index < -0.39 is 0 Å². The number of carbonyl (C=O) groups excluding carboxylic acids is 1. The van der Waals surface area contributed by atoms with Crippen molar-refractivity contribution in [1.29, 1.82) is 0 Å². The monoisotopic (exact) mass is 212 g/mol. The Labute approximate surface area is 95.6 Å². The third-order valence-corrected chi connectivity index (χ3v) is 3.07. The second kappa shape index (κ2) is 10.2. The van der Waals surface area contributed by atoms with Gasteiger partial charge in [0.25, 0.3) is 0 Å². The maximum absolute atomic E-state index is 11.4. The molecule has 0 radical (unpaired) electrons. The lowest BCUT2D eigenvalue weighted by atomic mass is 9.91. The molecule has 0 spiro atoms. The fourth-order valence-electron chi connectivity index (χ4n) is 2.08. The van der Waals surface area contributed by atoms with Crippen molar-refractivity contribution in [2.24, 2.45) is 5.92 Å². The summed E-state index contributed by atoms with van der Waals surface area (Å²) in [4.78, 5) is 11.4. The van der Waals surface area contributed by atoms with Crippen LogP contribution in [0.4, 0.5) is 0 Å². The molecule has 0 rings (SSSR count). The highest BCUT2D eigenvalue weighted by atomic mass is 16.1. The van der Waals surface area contributed by atoms with E-state index in [1.54, 1.807) is 0 Å². The maximum atomic E-state index is 11.4. The average Bonchev–Trinajstić information content (AvgIpc) is 2.24. The van der Waals surface area contributed by atoms with Crippen molar-refractivity contribution in [3.05, 3.63) is 0 Å². The molecule has 0 bridgehead atoms. The van der Waals surface area contributed by atoms with Gasteiger partial charge >= 0.3 is 0 Å². The molecule has 1 heteroatoms. The quantitative estimate of drug-likeness (QED) is 0.478. The van der Waals surface area contributed by atoms with E-state index in [2.05, 4.69) is 13.8 Å². The molecular weight excluding hydrogens is 184 g/mol. The van der Waals surface area contributed by atoms with Gasteiger partial charge in [-0.3, -0.25) is 4.79 Å². The van der Waals surface area contributed by atoms with Crippen LogP contribution in [0.1, 0.15) is 78.6 Å². The Morgan fingerprint density at radius 1 is 0.933 bits per heavy atom. The summed E-state index contributed by atoms with van der Waals surface area (Å²) in [5.41, 5.74) is 0. The summed E-state index contributed by atoms with van der Waals surface area (Å²) in [5.74, 6) is 1.11. The second-order valence-electron chi connectivity index (χ2n) is 4.60. The molecule has 1 atom stereocenters. The van der Waals surface area contributed by atoms with Crippen LogP contribution < -0.4 is 0 Å². The van der Waals surface area contributed by atoms with Crippen LogP contribution in [0, 0.1) is 5.92 Å². The molecule has 0 aliphatic carbocycles. The van der Waals surface area contributed by atoms with Crippen LogP contribution in [0.3, 0.4) is 0 Å². The van der Waals surface area contributed by atoms with Gasteiger partial charge in [-0.1, -0.05) is 65.7 Å². The van der Waals surface area contributed by atoms with Crippen molar-refractivity contribution in [2.45, 2.75) is 78.6 Å². The molecule has 1 unspecified atom stereocenters.